The molecule has 0 spiro atoms. The molecule has 0 aliphatic heterocycles. The zero-order chi connectivity index (χ0) is 8.48. The van der Waals surface area contributed by atoms with Crippen LogP contribution < -0.4 is 0 Å². The number of aromatic nitrogens is 2. The van der Waals surface area contributed by atoms with Gasteiger partial charge in [0.1, 0.15) is 4.60 Å². The minimum absolute atomic E-state index is 0.00637. The van der Waals surface area contributed by atoms with Crippen LogP contribution in [0.25, 0.3) is 0 Å². The van der Waals surface area contributed by atoms with Crippen LogP contribution in [0, 0.1) is 6.85 Å². The fraction of sp³-hybridized carbons (Fsp3) is 0.200. The van der Waals surface area contributed by atoms with E-state index in [1.54, 1.807) is 0 Å². The number of hydrogen-bond donors (Lipinski definition) is 0. The lowest BCUT2D eigenvalue weighted by Gasteiger charge is -1.87. The summed E-state index contributed by atoms with van der Waals surface area (Å²) < 4.78 is 21.4. The summed E-state index contributed by atoms with van der Waals surface area (Å²) in [6, 6.07) is 0. The number of halogens is 1. The molecule has 0 unspecified atom stereocenters. The first-order valence-electron chi connectivity index (χ1n) is 3.48. The Hall–Kier alpha value is -0.440. The molecule has 2 nitrogen and oxygen atoms in total. The zero-order valence-corrected chi connectivity index (χ0v) is 5.51. The largest absolute Gasteiger partial charge is 0.260 e. The van der Waals surface area contributed by atoms with Crippen molar-refractivity contribution < 1.29 is 4.11 Å². The van der Waals surface area contributed by atoms with E-state index in [9.17, 15) is 0 Å². The van der Waals surface area contributed by atoms with Crippen molar-refractivity contribution in [3.05, 3.63) is 22.7 Å². The molecule has 0 saturated carbocycles. The highest BCUT2D eigenvalue weighted by atomic mass is 79.9. The van der Waals surface area contributed by atoms with E-state index in [4.69, 9.17) is 4.11 Å². The molecule has 1 aromatic rings. The predicted molar refractivity (Wildman–Crippen MR) is 34.5 cm³/mol. The summed E-state index contributed by atoms with van der Waals surface area (Å²) in [5, 5.41) is 0. The second kappa shape index (κ2) is 2.22. The van der Waals surface area contributed by atoms with Gasteiger partial charge in [-0.3, -0.25) is 4.98 Å². The van der Waals surface area contributed by atoms with Gasteiger partial charge in [0, 0.05) is 10.3 Å². The molecular formula is C5H5BrN2. The van der Waals surface area contributed by atoms with Gasteiger partial charge < -0.3 is 0 Å². The third-order valence-corrected chi connectivity index (χ3v) is 0.987. The second-order valence-electron chi connectivity index (χ2n) is 1.23. The van der Waals surface area contributed by atoms with Crippen molar-refractivity contribution in [2.45, 2.75) is 6.85 Å². The van der Waals surface area contributed by atoms with E-state index in [2.05, 4.69) is 25.9 Å². The van der Waals surface area contributed by atoms with E-state index in [1.165, 1.54) is 12.4 Å². The van der Waals surface area contributed by atoms with Crippen LogP contribution in [0.2, 0.25) is 0 Å². The fourth-order valence-corrected chi connectivity index (χ4v) is 0.651. The van der Waals surface area contributed by atoms with Gasteiger partial charge in [0.15, 0.2) is 0 Å². The molecule has 0 saturated heterocycles. The van der Waals surface area contributed by atoms with Crippen molar-refractivity contribution in [3.63, 3.8) is 0 Å². The van der Waals surface area contributed by atoms with Crippen molar-refractivity contribution in [1.82, 2.24) is 9.97 Å². The molecule has 0 atom stereocenters. The molecule has 3 heteroatoms. The van der Waals surface area contributed by atoms with Gasteiger partial charge in [0.2, 0.25) is 0 Å². The Bertz CT molecular complexity index is 260. The maximum absolute atomic E-state index is 6.98. The number of hydrogen-bond acceptors (Lipinski definition) is 2. The van der Waals surface area contributed by atoms with Gasteiger partial charge in [0.25, 0.3) is 0 Å². The lowest BCUT2D eigenvalue weighted by molar-refractivity contribution is 1.09. The lowest BCUT2D eigenvalue weighted by Crippen LogP contribution is -1.81. The van der Waals surface area contributed by atoms with E-state index in [0.29, 0.717) is 4.60 Å². The minimum Gasteiger partial charge on any atom is -0.260 e. The smallest absolute Gasteiger partial charge is 0.124 e. The number of rotatable bonds is 0. The van der Waals surface area contributed by atoms with Crippen LogP contribution in [-0.2, 0) is 0 Å². The van der Waals surface area contributed by atoms with Crippen LogP contribution in [0.1, 0.15) is 9.81 Å². The Labute approximate surface area is 60.3 Å². The van der Waals surface area contributed by atoms with Crippen molar-refractivity contribution in [3.8, 4) is 0 Å². The molecule has 0 aliphatic rings. The summed E-state index contributed by atoms with van der Waals surface area (Å²) in [7, 11) is 0. The average molecular weight is 177 g/mol. The van der Waals surface area contributed by atoms with Crippen molar-refractivity contribution in [2.24, 2.45) is 0 Å². The van der Waals surface area contributed by atoms with Gasteiger partial charge in [-0.25, -0.2) is 4.98 Å². The number of aryl methyl sites for hydroxylation is 1. The first-order chi connectivity index (χ1) is 5.00. The van der Waals surface area contributed by atoms with E-state index in [0.717, 1.165) is 0 Å². The van der Waals surface area contributed by atoms with Crippen molar-refractivity contribution >= 4 is 15.9 Å². The highest BCUT2D eigenvalue weighted by molar-refractivity contribution is 9.10. The highest BCUT2D eigenvalue weighted by Crippen LogP contribution is 2.01. The van der Waals surface area contributed by atoms with Gasteiger partial charge >= 0.3 is 0 Å². The average Bonchev–Trinajstić information content (AvgIpc) is 1.86. The Morgan fingerprint density at radius 3 is 3.12 bits per heavy atom. The van der Waals surface area contributed by atoms with Gasteiger partial charge in [-0.05, 0) is 22.8 Å². The second-order valence-corrected chi connectivity index (χ2v) is 2.04. The summed E-state index contributed by atoms with van der Waals surface area (Å²) in [6.07, 6.45) is 2.67. The Morgan fingerprint density at radius 1 is 1.75 bits per heavy atom. The third kappa shape index (κ3) is 1.26. The van der Waals surface area contributed by atoms with E-state index >= 15 is 0 Å². The van der Waals surface area contributed by atoms with Crippen molar-refractivity contribution in [1.29, 1.82) is 0 Å². The molecule has 1 rings (SSSR count). The summed E-state index contributed by atoms with van der Waals surface area (Å²) in [5.41, 5.74) is 0.00637. The molecule has 0 amide bonds. The molecule has 0 N–H and O–H groups in total. The normalized spacial score (nSPS) is 16.4. The molecule has 1 aromatic heterocycles. The maximum Gasteiger partial charge on any atom is 0.124 e. The minimum atomic E-state index is -2.17. The zero-order valence-electron chi connectivity index (χ0n) is 6.93. The topological polar surface area (TPSA) is 25.8 Å². The molecule has 42 valence electrons. The molecule has 1 heterocycles. The van der Waals surface area contributed by atoms with Crippen LogP contribution in [0.15, 0.2) is 17.0 Å². The summed E-state index contributed by atoms with van der Waals surface area (Å²) in [4.78, 5) is 7.42. The van der Waals surface area contributed by atoms with E-state index < -0.39 is 6.85 Å². The van der Waals surface area contributed by atoms with Gasteiger partial charge in [-0.1, -0.05) is 0 Å². The van der Waals surface area contributed by atoms with Crippen LogP contribution >= 0.6 is 15.9 Å². The lowest BCUT2D eigenvalue weighted by atomic mass is 10.6. The fourth-order valence-electron chi connectivity index (χ4n) is 0.342. The Morgan fingerprint density at radius 2 is 2.62 bits per heavy atom. The number of nitrogens with zero attached hydrogens (tertiary/aromatic N) is 2. The standard InChI is InChI=1S/C5H5BrN2/c1-4-2-7-3-5(6)8-4/h2-3H,1H3/i1+1D3. The van der Waals surface area contributed by atoms with Crippen molar-refractivity contribution in [2.75, 3.05) is 0 Å². The first-order valence-corrected chi connectivity index (χ1v) is 2.77. The molecular weight excluding hydrogens is 169 g/mol. The Kier molecular flexibility index (Phi) is 0.809. The first kappa shape index (κ1) is 2.92. The maximum atomic E-state index is 6.98. The van der Waals surface area contributed by atoms with Crippen LogP contribution in [0.4, 0.5) is 0 Å². The summed E-state index contributed by atoms with van der Waals surface area (Å²) >= 11 is 3.03. The van der Waals surface area contributed by atoms with E-state index in [1.807, 2.05) is 0 Å². The quantitative estimate of drug-likeness (QED) is 0.561. The monoisotopic (exact) mass is 176 g/mol. The highest BCUT2D eigenvalue weighted by Gasteiger charge is 1.85. The predicted octanol–water partition coefficient (Wildman–Crippen LogP) is 1.55. The molecule has 8 heavy (non-hydrogen) atoms. The summed E-state index contributed by atoms with van der Waals surface area (Å²) in [6.45, 7) is -2.17. The Balaban J connectivity index is 3.06. The van der Waals surface area contributed by atoms with Crippen LogP contribution in [0.3, 0.4) is 0 Å². The molecule has 0 fully saturated rings. The van der Waals surface area contributed by atoms with Crippen LogP contribution in [-0.4, -0.2) is 9.97 Å². The molecule has 0 radical (unpaired) electrons. The van der Waals surface area contributed by atoms with Gasteiger partial charge in [0.05, 0.1) is 11.9 Å². The van der Waals surface area contributed by atoms with Gasteiger partial charge in [-0.15, -0.1) is 0 Å². The summed E-state index contributed by atoms with van der Waals surface area (Å²) in [5.74, 6) is 0. The SMILES string of the molecule is [2H][13C]([2H])([2H])c1cncc(Br)n1. The third-order valence-electron chi connectivity index (χ3n) is 0.605. The molecule has 0 bridgehead atoms. The van der Waals surface area contributed by atoms with Gasteiger partial charge in [-0.2, -0.15) is 0 Å². The van der Waals surface area contributed by atoms with Crippen LogP contribution in [0.5, 0.6) is 0 Å². The molecule has 0 aliphatic carbocycles. The van der Waals surface area contributed by atoms with E-state index in [-0.39, 0.29) is 5.69 Å². The molecule has 0 aromatic carbocycles.